The van der Waals surface area contributed by atoms with Crippen LogP contribution in [0.2, 0.25) is 0 Å². The van der Waals surface area contributed by atoms with Crippen molar-refractivity contribution in [3.63, 3.8) is 0 Å². The Labute approximate surface area is 139 Å². The second-order valence-corrected chi connectivity index (χ2v) is 5.89. The molecule has 1 fully saturated rings. The quantitative estimate of drug-likeness (QED) is 0.795. The number of piperazine rings is 1. The zero-order valence-electron chi connectivity index (χ0n) is 13.3. The van der Waals surface area contributed by atoms with Crippen molar-refractivity contribution in [2.45, 2.75) is 18.9 Å². The molecule has 1 amide bonds. The summed E-state index contributed by atoms with van der Waals surface area (Å²) in [6, 6.07) is 4.84. The van der Waals surface area contributed by atoms with E-state index in [0.717, 1.165) is 30.3 Å². The molecule has 8 nitrogen and oxygen atoms in total. The van der Waals surface area contributed by atoms with Gasteiger partial charge in [-0.05, 0) is 18.6 Å². The van der Waals surface area contributed by atoms with Crippen molar-refractivity contribution < 1.29 is 24.2 Å². The summed E-state index contributed by atoms with van der Waals surface area (Å²) < 4.78 is 10.7. The average molecular weight is 335 g/mol. The van der Waals surface area contributed by atoms with Gasteiger partial charge in [0.15, 0.2) is 11.5 Å². The number of carbonyl (C=O) groups excluding carboxylic acids is 1. The van der Waals surface area contributed by atoms with E-state index < -0.39 is 12.0 Å². The number of nitrogens with two attached hydrogens (primary N) is 1. The Kier molecular flexibility index (Phi) is 4.75. The minimum absolute atomic E-state index is 0.0444. The molecule has 8 heteroatoms. The molecule has 0 aliphatic carbocycles. The van der Waals surface area contributed by atoms with Gasteiger partial charge in [0.05, 0.1) is 0 Å². The van der Waals surface area contributed by atoms with Gasteiger partial charge in [0.25, 0.3) is 0 Å². The van der Waals surface area contributed by atoms with Crippen LogP contribution in [0.3, 0.4) is 0 Å². The van der Waals surface area contributed by atoms with Crippen LogP contribution in [0.5, 0.6) is 11.5 Å². The van der Waals surface area contributed by atoms with Gasteiger partial charge in [-0.3, -0.25) is 9.59 Å². The molecule has 0 bridgehead atoms. The molecule has 0 unspecified atom stereocenters. The van der Waals surface area contributed by atoms with E-state index in [-0.39, 0.29) is 25.5 Å². The maximum absolute atomic E-state index is 12.1. The largest absolute Gasteiger partial charge is 0.480 e. The second-order valence-electron chi connectivity index (χ2n) is 5.89. The number of anilines is 1. The Morgan fingerprint density at radius 3 is 2.58 bits per heavy atom. The number of carbonyl (C=O) groups is 2. The van der Waals surface area contributed by atoms with Crippen molar-refractivity contribution in [3.8, 4) is 11.5 Å². The molecule has 1 saturated heterocycles. The molecule has 1 atom stereocenters. The zero-order valence-corrected chi connectivity index (χ0v) is 13.3. The van der Waals surface area contributed by atoms with Crippen molar-refractivity contribution in [1.29, 1.82) is 0 Å². The summed E-state index contributed by atoms with van der Waals surface area (Å²) in [5.41, 5.74) is 6.48. The van der Waals surface area contributed by atoms with E-state index >= 15 is 0 Å². The third kappa shape index (κ3) is 3.53. The summed E-state index contributed by atoms with van der Waals surface area (Å²) in [5.74, 6) is 0.378. The Morgan fingerprint density at radius 1 is 1.17 bits per heavy atom. The fourth-order valence-corrected chi connectivity index (χ4v) is 2.86. The first-order valence-electron chi connectivity index (χ1n) is 7.95. The van der Waals surface area contributed by atoms with Crippen LogP contribution in [0.1, 0.15) is 12.8 Å². The molecule has 1 aromatic carbocycles. The van der Waals surface area contributed by atoms with Gasteiger partial charge in [-0.25, -0.2) is 0 Å². The average Bonchev–Trinajstić information content (AvgIpc) is 3.07. The molecular formula is C16H21N3O5. The van der Waals surface area contributed by atoms with Crippen LogP contribution >= 0.6 is 0 Å². The summed E-state index contributed by atoms with van der Waals surface area (Å²) >= 11 is 0. The number of ether oxygens (including phenoxy) is 2. The number of rotatable bonds is 5. The molecule has 3 rings (SSSR count). The number of fused-ring (bicyclic) bond motifs is 1. The predicted molar refractivity (Wildman–Crippen MR) is 86.2 cm³/mol. The van der Waals surface area contributed by atoms with Crippen molar-refractivity contribution >= 4 is 17.6 Å². The van der Waals surface area contributed by atoms with Crippen LogP contribution in [0.15, 0.2) is 18.2 Å². The smallest absolute Gasteiger partial charge is 0.320 e. The number of hydrogen-bond donors (Lipinski definition) is 2. The summed E-state index contributed by atoms with van der Waals surface area (Å²) in [4.78, 5) is 26.8. The van der Waals surface area contributed by atoms with E-state index in [1.165, 1.54) is 0 Å². The summed E-state index contributed by atoms with van der Waals surface area (Å²) in [6.45, 7) is 2.90. The molecule has 2 aliphatic heterocycles. The van der Waals surface area contributed by atoms with E-state index in [1.807, 2.05) is 18.2 Å². The van der Waals surface area contributed by atoms with Gasteiger partial charge in [-0.2, -0.15) is 0 Å². The lowest BCUT2D eigenvalue weighted by Gasteiger charge is -2.36. The van der Waals surface area contributed by atoms with Crippen LogP contribution in [0, 0.1) is 0 Å². The van der Waals surface area contributed by atoms with Crippen LogP contribution < -0.4 is 20.1 Å². The topological polar surface area (TPSA) is 105 Å². The van der Waals surface area contributed by atoms with Gasteiger partial charge in [-0.15, -0.1) is 0 Å². The molecule has 3 N–H and O–H groups in total. The number of carboxylic acids is 1. The molecule has 0 radical (unpaired) electrons. The minimum atomic E-state index is -1.07. The van der Waals surface area contributed by atoms with Gasteiger partial charge < -0.3 is 30.1 Å². The molecule has 0 spiro atoms. The second kappa shape index (κ2) is 6.96. The number of aliphatic carboxylic acids is 1. The van der Waals surface area contributed by atoms with E-state index in [4.69, 9.17) is 20.3 Å². The highest BCUT2D eigenvalue weighted by atomic mass is 16.7. The maximum Gasteiger partial charge on any atom is 0.320 e. The van der Waals surface area contributed by atoms with Crippen molar-refractivity contribution in [1.82, 2.24) is 4.90 Å². The Morgan fingerprint density at radius 2 is 1.88 bits per heavy atom. The summed E-state index contributed by atoms with van der Waals surface area (Å²) in [6.07, 6.45) is 0.327. The molecule has 0 aromatic heterocycles. The van der Waals surface area contributed by atoms with E-state index in [9.17, 15) is 9.59 Å². The van der Waals surface area contributed by atoms with Gasteiger partial charge in [-0.1, -0.05) is 0 Å². The Bertz CT molecular complexity index is 628. The van der Waals surface area contributed by atoms with Crippen LogP contribution in [0.4, 0.5) is 5.69 Å². The van der Waals surface area contributed by atoms with Gasteiger partial charge in [0.1, 0.15) is 6.04 Å². The lowest BCUT2D eigenvalue weighted by Crippen LogP contribution is -2.49. The number of hydrogen-bond acceptors (Lipinski definition) is 6. The SMILES string of the molecule is N[C@@H](CCC(=O)N1CCN(c2ccc3c(c2)OCO3)CC1)C(=O)O. The molecular weight excluding hydrogens is 314 g/mol. The van der Waals surface area contributed by atoms with Crippen LogP contribution in [-0.4, -0.2) is 60.9 Å². The van der Waals surface area contributed by atoms with Gasteiger partial charge >= 0.3 is 5.97 Å². The fraction of sp³-hybridized carbons (Fsp3) is 0.500. The number of benzene rings is 1. The maximum atomic E-state index is 12.1. The highest BCUT2D eigenvalue weighted by Crippen LogP contribution is 2.35. The lowest BCUT2D eigenvalue weighted by molar-refractivity contribution is -0.139. The Hall–Kier alpha value is -2.48. The third-order valence-corrected chi connectivity index (χ3v) is 4.34. The number of nitrogens with zero attached hydrogens (tertiary/aromatic N) is 2. The van der Waals surface area contributed by atoms with Gasteiger partial charge in [0, 0.05) is 44.4 Å². The highest BCUT2D eigenvalue weighted by Gasteiger charge is 2.24. The van der Waals surface area contributed by atoms with E-state index in [2.05, 4.69) is 4.90 Å². The van der Waals surface area contributed by atoms with E-state index in [0.29, 0.717) is 13.1 Å². The molecule has 1 aromatic rings. The molecule has 130 valence electrons. The van der Waals surface area contributed by atoms with Crippen molar-refractivity contribution in [2.24, 2.45) is 5.73 Å². The normalized spacial score (nSPS) is 17.7. The first-order chi connectivity index (χ1) is 11.5. The van der Waals surface area contributed by atoms with Crippen molar-refractivity contribution in [2.75, 3.05) is 37.9 Å². The van der Waals surface area contributed by atoms with Crippen LogP contribution in [-0.2, 0) is 9.59 Å². The van der Waals surface area contributed by atoms with Crippen molar-refractivity contribution in [3.05, 3.63) is 18.2 Å². The summed E-state index contributed by atoms with van der Waals surface area (Å²) in [7, 11) is 0. The lowest BCUT2D eigenvalue weighted by atomic mass is 10.1. The third-order valence-electron chi connectivity index (χ3n) is 4.34. The molecule has 0 saturated carbocycles. The van der Waals surface area contributed by atoms with Gasteiger partial charge in [0.2, 0.25) is 12.7 Å². The fourth-order valence-electron chi connectivity index (χ4n) is 2.86. The molecule has 2 aliphatic rings. The minimum Gasteiger partial charge on any atom is -0.480 e. The number of carboxylic acid groups (broad SMARTS) is 1. The first-order valence-corrected chi connectivity index (χ1v) is 7.95. The standard InChI is InChI=1S/C16H21N3O5/c17-12(16(21)22)2-4-15(20)19-7-5-18(6-8-19)11-1-3-13-14(9-11)24-10-23-13/h1,3,9,12H,2,4-8,10,17H2,(H,21,22)/t12-/m0/s1. The van der Waals surface area contributed by atoms with E-state index in [1.54, 1.807) is 4.90 Å². The first kappa shape index (κ1) is 16.4. The predicted octanol–water partition coefficient (Wildman–Crippen LogP) is 0.256. The zero-order chi connectivity index (χ0) is 17.1. The van der Waals surface area contributed by atoms with Crippen LogP contribution in [0.25, 0.3) is 0 Å². The highest BCUT2D eigenvalue weighted by molar-refractivity contribution is 5.78. The summed E-state index contributed by atoms with van der Waals surface area (Å²) in [5, 5.41) is 8.76. The monoisotopic (exact) mass is 335 g/mol. The molecule has 24 heavy (non-hydrogen) atoms. The Balaban J connectivity index is 1.50. The number of amides is 1. The molecule has 2 heterocycles.